The third-order valence-corrected chi connectivity index (χ3v) is 5.31. The largest absolute Gasteiger partial charge is 0.337 e. The van der Waals surface area contributed by atoms with Crippen LogP contribution in [0.5, 0.6) is 0 Å². The number of benzene rings is 1. The maximum Gasteiger partial charge on any atom is 0.317 e. The lowest BCUT2D eigenvalue weighted by atomic mass is 9.96. The van der Waals surface area contributed by atoms with E-state index >= 15 is 0 Å². The lowest BCUT2D eigenvalue weighted by Gasteiger charge is -2.27. The van der Waals surface area contributed by atoms with E-state index in [4.69, 9.17) is 11.6 Å². The van der Waals surface area contributed by atoms with Crippen LogP contribution in [-0.2, 0) is 0 Å². The number of nitrogens with zero attached hydrogens (tertiary/aromatic N) is 2. The number of hydrogen-bond acceptors (Lipinski definition) is 2. The second-order valence-electron chi connectivity index (χ2n) is 6.93. The summed E-state index contributed by atoms with van der Waals surface area (Å²) in [5, 5.41) is 3.73. The van der Waals surface area contributed by atoms with Gasteiger partial charge in [-0.3, -0.25) is 4.79 Å². The quantitative estimate of drug-likeness (QED) is 0.873. The molecule has 3 rings (SSSR count). The van der Waals surface area contributed by atoms with E-state index in [0.29, 0.717) is 42.8 Å². The summed E-state index contributed by atoms with van der Waals surface area (Å²) in [5.74, 6) is -0.0166. The predicted molar refractivity (Wildman–Crippen MR) is 99.0 cm³/mol. The monoisotopic (exact) mass is 363 g/mol. The Morgan fingerprint density at radius 2 is 1.68 bits per heavy atom. The van der Waals surface area contributed by atoms with E-state index in [-0.39, 0.29) is 11.9 Å². The molecule has 1 aliphatic carbocycles. The zero-order valence-electron chi connectivity index (χ0n) is 14.5. The molecule has 6 heteroatoms. The zero-order valence-corrected chi connectivity index (χ0v) is 15.3. The predicted octanol–water partition coefficient (Wildman–Crippen LogP) is 3.53. The van der Waals surface area contributed by atoms with Gasteiger partial charge in [0.15, 0.2) is 0 Å². The molecule has 0 atom stereocenters. The van der Waals surface area contributed by atoms with Crippen LogP contribution in [-0.4, -0.2) is 54.0 Å². The average molecular weight is 364 g/mol. The molecule has 0 aromatic heterocycles. The van der Waals surface area contributed by atoms with Crippen LogP contribution in [0.3, 0.4) is 0 Å². The number of carbonyl (C=O) groups excluding carboxylic acids is 2. The van der Waals surface area contributed by atoms with Crippen molar-refractivity contribution < 1.29 is 9.59 Å². The Bertz CT molecular complexity index is 616. The highest BCUT2D eigenvalue weighted by atomic mass is 35.5. The van der Waals surface area contributed by atoms with Crippen molar-refractivity contribution in [1.82, 2.24) is 15.1 Å². The molecule has 1 heterocycles. The summed E-state index contributed by atoms with van der Waals surface area (Å²) in [5.41, 5.74) is 0.604. The summed E-state index contributed by atoms with van der Waals surface area (Å²) in [7, 11) is 0. The molecule has 25 heavy (non-hydrogen) atoms. The number of urea groups is 1. The molecule has 1 saturated heterocycles. The topological polar surface area (TPSA) is 52.7 Å². The van der Waals surface area contributed by atoms with Crippen molar-refractivity contribution >= 4 is 23.5 Å². The van der Waals surface area contributed by atoms with Gasteiger partial charge < -0.3 is 15.1 Å². The molecule has 2 fully saturated rings. The van der Waals surface area contributed by atoms with Crippen molar-refractivity contribution in [2.24, 2.45) is 0 Å². The van der Waals surface area contributed by atoms with Gasteiger partial charge in [0, 0.05) is 42.8 Å². The lowest BCUT2D eigenvalue weighted by molar-refractivity contribution is 0.0762. The van der Waals surface area contributed by atoms with Crippen LogP contribution in [0.15, 0.2) is 24.3 Å². The number of nitrogens with one attached hydrogen (secondary N) is 1. The Morgan fingerprint density at radius 1 is 0.960 bits per heavy atom. The van der Waals surface area contributed by atoms with Crippen LogP contribution in [0.25, 0.3) is 0 Å². The zero-order chi connectivity index (χ0) is 17.6. The van der Waals surface area contributed by atoms with E-state index in [1.165, 1.54) is 19.3 Å². The minimum absolute atomic E-state index is 0.0166. The van der Waals surface area contributed by atoms with E-state index in [1.807, 2.05) is 9.80 Å². The smallest absolute Gasteiger partial charge is 0.317 e. The first-order valence-corrected chi connectivity index (χ1v) is 9.61. The third-order valence-electron chi connectivity index (χ3n) is 5.07. The van der Waals surface area contributed by atoms with E-state index in [2.05, 4.69) is 5.32 Å². The van der Waals surface area contributed by atoms with Gasteiger partial charge in [-0.15, -0.1) is 0 Å². The highest BCUT2D eigenvalue weighted by molar-refractivity contribution is 6.30. The van der Waals surface area contributed by atoms with Crippen LogP contribution in [0.1, 0.15) is 48.9 Å². The average Bonchev–Trinajstić information content (AvgIpc) is 2.88. The standard InChI is InChI=1S/C19H26ClN3O2/c20-16-7-4-6-15(14-16)18(24)22-10-5-11-23(13-12-22)19(25)21-17-8-2-1-3-9-17/h4,6-7,14,17H,1-3,5,8-13H2,(H,21,25). The molecule has 5 nitrogen and oxygen atoms in total. The molecule has 136 valence electrons. The molecule has 1 N–H and O–H groups in total. The van der Waals surface area contributed by atoms with Crippen LogP contribution in [0.4, 0.5) is 4.79 Å². The van der Waals surface area contributed by atoms with Gasteiger partial charge in [0.25, 0.3) is 5.91 Å². The first kappa shape index (κ1) is 18.1. The van der Waals surface area contributed by atoms with Gasteiger partial charge in [0.2, 0.25) is 0 Å². The Hall–Kier alpha value is -1.75. The van der Waals surface area contributed by atoms with Crippen molar-refractivity contribution in [2.45, 2.75) is 44.6 Å². The maximum atomic E-state index is 12.6. The van der Waals surface area contributed by atoms with Crippen LogP contribution in [0, 0.1) is 0 Å². The van der Waals surface area contributed by atoms with Gasteiger partial charge in [-0.05, 0) is 37.5 Å². The van der Waals surface area contributed by atoms with Crippen LogP contribution >= 0.6 is 11.6 Å². The van der Waals surface area contributed by atoms with E-state index in [0.717, 1.165) is 19.3 Å². The second kappa shape index (κ2) is 8.56. The van der Waals surface area contributed by atoms with E-state index in [9.17, 15) is 9.59 Å². The summed E-state index contributed by atoms with van der Waals surface area (Å²) in [6, 6.07) is 7.36. The number of halogens is 1. The summed E-state index contributed by atoms with van der Waals surface area (Å²) in [6.07, 6.45) is 6.64. The number of rotatable bonds is 2. The van der Waals surface area contributed by atoms with Crippen molar-refractivity contribution in [3.63, 3.8) is 0 Å². The minimum atomic E-state index is -0.0166. The number of hydrogen-bond donors (Lipinski definition) is 1. The Kier molecular flexibility index (Phi) is 6.19. The van der Waals surface area contributed by atoms with Crippen molar-refractivity contribution in [2.75, 3.05) is 26.2 Å². The fraction of sp³-hybridized carbons (Fsp3) is 0.579. The Labute approximate surface area is 154 Å². The lowest BCUT2D eigenvalue weighted by Crippen LogP contribution is -2.46. The summed E-state index contributed by atoms with van der Waals surface area (Å²) < 4.78 is 0. The van der Waals surface area contributed by atoms with Gasteiger partial charge in [-0.2, -0.15) is 0 Å². The highest BCUT2D eigenvalue weighted by Crippen LogP contribution is 2.18. The normalized spacial score (nSPS) is 19.4. The van der Waals surface area contributed by atoms with Crippen molar-refractivity contribution in [1.29, 1.82) is 0 Å². The molecule has 0 radical (unpaired) electrons. The molecular formula is C19H26ClN3O2. The molecule has 1 aromatic carbocycles. The fourth-order valence-corrected chi connectivity index (χ4v) is 3.83. The first-order chi connectivity index (χ1) is 12.1. The minimum Gasteiger partial charge on any atom is -0.337 e. The van der Waals surface area contributed by atoms with Crippen LogP contribution in [0.2, 0.25) is 5.02 Å². The molecule has 0 spiro atoms. The molecular weight excluding hydrogens is 338 g/mol. The van der Waals surface area contributed by atoms with E-state index in [1.54, 1.807) is 24.3 Å². The number of carbonyl (C=O) groups is 2. The van der Waals surface area contributed by atoms with Crippen molar-refractivity contribution in [3.05, 3.63) is 34.9 Å². The van der Waals surface area contributed by atoms with Gasteiger partial charge in [0.1, 0.15) is 0 Å². The highest BCUT2D eigenvalue weighted by Gasteiger charge is 2.24. The molecule has 2 aliphatic rings. The van der Waals surface area contributed by atoms with Gasteiger partial charge >= 0.3 is 6.03 Å². The maximum absolute atomic E-state index is 12.6. The first-order valence-electron chi connectivity index (χ1n) is 9.24. The molecule has 1 saturated carbocycles. The summed E-state index contributed by atoms with van der Waals surface area (Å²) >= 11 is 5.99. The molecule has 1 aliphatic heterocycles. The second-order valence-corrected chi connectivity index (χ2v) is 7.36. The third kappa shape index (κ3) is 4.88. The molecule has 1 aromatic rings. The Morgan fingerprint density at radius 3 is 2.44 bits per heavy atom. The molecule has 0 bridgehead atoms. The van der Waals surface area contributed by atoms with Gasteiger partial charge in [-0.25, -0.2) is 4.79 Å². The SMILES string of the molecule is O=C(NC1CCCCC1)N1CCCN(C(=O)c2cccc(Cl)c2)CC1. The number of amides is 3. The van der Waals surface area contributed by atoms with Crippen molar-refractivity contribution in [3.8, 4) is 0 Å². The van der Waals surface area contributed by atoms with Crippen LogP contribution < -0.4 is 5.32 Å². The van der Waals surface area contributed by atoms with Gasteiger partial charge in [-0.1, -0.05) is 36.9 Å². The Balaban J connectivity index is 1.54. The van der Waals surface area contributed by atoms with Gasteiger partial charge in [0.05, 0.1) is 0 Å². The summed E-state index contributed by atoms with van der Waals surface area (Å²) in [4.78, 5) is 28.8. The summed E-state index contributed by atoms with van der Waals surface area (Å²) in [6.45, 7) is 2.49. The molecule has 0 unspecified atom stereocenters. The molecule has 3 amide bonds. The fourth-order valence-electron chi connectivity index (χ4n) is 3.64. The van der Waals surface area contributed by atoms with E-state index < -0.39 is 0 Å².